The molecule has 0 saturated carbocycles. The average Bonchev–Trinajstić information content (AvgIpc) is 1.99. The predicted molar refractivity (Wildman–Crippen MR) is 51.2 cm³/mol. The summed E-state index contributed by atoms with van der Waals surface area (Å²) < 4.78 is 10.1. The van der Waals surface area contributed by atoms with Gasteiger partial charge in [0.15, 0.2) is 0 Å². The van der Waals surface area contributed by atoms with Crippen molar-refractivity contribution < 1.29 is 14.3 Å². The van der Waals surface area contributed by atoms with Crippen LogP contribution in [0.15, 0.2) is 11.8 Å². The molecule has 0 fully saturated rings. The Balaban J connectivity index is 4.09. The summed E-state index contributed by atoms with van der Waals surface area (Å²) in [6, 6.07) is 0. The van der Waals surface area contributed by atoms with Gasteiger partial charge in [0.25, 0.3) is 0 Å². The molecule has 0 aromatic heterocycles. The molecule has 76 valence electrons. The molecule has 0 aliphatic rings. The number of esters is 1. The van der Waals surface area contributed by atoms with E-state index in [2.05, 4.69) is 0 Å². The van der Waals surface area contributed by atoms with Crippen molar-refractivity contribution in [2.45, 2.75) is 40.2 Å². The quantitative estimate of drug-likeness (QED) is 0.385. The minimum atomic E-state index is -0.327. The highest BCUT2D eigenvalue weighted by atomic mass is 16.5. The largest absolute Gasteiger partial charge is 0.495 e. The second-order valence-corrected chi connectivity index (χ2v) is 3.75. The van der Waals surface area contributed by atoms with Gasteiger partial charge >= 0.3 is 5.97 Å². The molecule has 0 aliphatic heterocycles. The van der Waals surface area contributed by atoms with E-state index in [0.717, 1.165) is 0 Å². The van der Waals surface area contributed by atoms with Crippen LogP contribution in [0.1, 0.15) is 34.6 Å². The molecule has 0 heterocycles. The molecule has 13 heavy (non-hydrogen) atoms. The van der Waals surface area contributed by atoms with Crippen molar-refractivity contribution in [1.29, 1.82) is 0 Å². The van der Waals surface area contributed by atoms with Crippen LogP contribution in [0.5, 0.6) is 0 Å². The summed E-state index contributed by atoms with van der Waals surface area (Å²) in [6.45, 7) is 9.59. The van der Waals surface area contributed by atoms with Gasteiger partial charge in [-0.3, -0.25) is 0 Å². The van der Waals surface area contributed by atoms with E-state index in [1.54, 1.807) is 13.8 Å². The Bertz CT molecular complexity index is 199. The van der Waals surface area contributed by atoms with E-state index >= 15 is 0 Å². The van der Waals surface area contributed by atoms with Crippen molar-refractivity contribution in [2.24, 2.45) is 0 Å². The first-order valence-electron chi connectivity index (χ1n) is 4.38. The fourth-order valence-electron chi connectivity index (χ4n) is 0.558. The number of carbonyl (C=O) groups excluding carboxylic acids is 1. The lowest BCUT2D eigenvalue weighted by Crippen LogP contribution is -2.16. The molecule has 0 unspecified atom stereocenters. The van der Waals surface area contributed by atoms with Crippen LogP contribution in [0.4, 0.5) is 0 Å². The van der Waals surface area contributed by atoms with Crippen molar-refractivity contribution in [3.8, 4) is 0 Å². The van der Waals surface area contributed by atoms with Gasteiger partial charge in [-0.1, -0.05) is 0 Å². The van der Waals surface area contributed by atoms with Crippen LogP contribution in [-0.2, 0) is 14.3 Å². The maximum Gasteiger partial charge on any atom is 0.336 e. The summed E-state index contributed by atoms with van der Waals surface area (Å²) >= 11 is 0. The van der Waals surface area contributed by atoms with Gasteiger partial charge in [0.05, 0.1) is 24.0 Å². The highest BCUT2D eigenvalue weighted by Crippen LogP contribution is 2.09. The number of carbonyl (C=O) groups is 1. The molecule has 0 radical (unpaired) electrons. The lowest BCUT2D eigenvalue weighted by atomic mass is 10.2. The smallest absolute Gasteiger partial charge is 0.336 e. The highest BCUT2D eigenvalue weighted by molar-refractivity contribution is 5.87. The van der Waals surface area contributed by atoms with Gasteiger partial charge in [0.1, 0.15) is 0 Å². The third kappa shape index (κ3) is 6.20. The average molecular weight is 186 g/mol. The molecular weight excluding hydrogens is 168 g/mol. The van der Waals surface area contributed by atoms with Gasteiger partial charge in [-0.25, -0.2) is 4.79 Å². The minimum absolute atomic E-state index is 0.270. The number of ether oxygens (including phenoxy) is 2. The molecule has 0 amide bonds. The summed E-state index contributed by atoms with van der Waals surface area (Å²) in [5, 5.41) is 0. The Morgan fingerprint density at radius 3 is 2.31 bits per heavy atom. The van der Waals surface area contributed by atoms with Gasteiger partial charge in [-0.2, -0.15) is 0 Å². The van der Waals surface area contributed by atoms with Crippen molar-refractivity contribution in [3.05, 3.63) is 11.8 Å². The maximum absolute atomic E-state index is 11.1. The minimum Gasteiger partial charge on any atom is -0.495 e. The summed E-state index contributed by atoms with van der Waals surface area (Å²) in [5.41, 5.74) is 0.213. The molecule has 0 spiro atoms. The van der Waals surface area contributed by atoms with Crippen LogP contribution in [0, 0.1) is 0 Å². The molecule has 0 N–H and O–H groups in total. The van der Waals surface area contributed by atoms with E-state index in [0.29, 0.717) is 12.2 Å². The predicted octanol–water partition coefficient (Wildman–Crippen LogP) is 2.27. The molecule has 0 saturated heterocycles. The number of hydrogen-bond donors (Lipinski definition) is 0. The van der Waals surface area contributed by atoms with Crippen LogP contribution < -0.4 is 0 Å². The summed E-state index contributed by atoms with van der Waals surface area (Å²) in [6.07, 6.45) is 1.44. The first-order chi connectivity index (χ1) is 5.87. The molecule has 3 nitrogen and oxygen atoms in total. The second kappa shape index (κ2) is 4.90. The Morgan fingerprint density at radius 2 is 1.92 bits per heavy atom. The molecule has 0 atom stereocenters. The van der Waals surface area contributed by atoms with E-state index in [9.17, 15) is 4.79 Å². The highest BCUT2D eigenvalue weighted by Gasteiger charge is 2.10. The maximum atomic E-state index is 11.1. The van der Waals surface area contributed by atoms with E-state index in [4.69, 9.17) is 9.47 Å². The fourth-order valence-corrected chi connectivity index (χ4v) is 0.558. The molecule has 0 rings (SSSR count). The van der Waals surface area contributed by atoms with Crippen LogP contribution in [0.25, 0.3) is 0 Å². The number of rotatable bonds is 3. The van der Waals surface area contributed by atoms with Crippen LogP contribution >= 0.6 is 0 Å². The second-order valence-electron chi connectivity index (χ2n) is 3.75. The fraction of sp³-hybridized carbons (Fsp3) is 0.700. The van der Waals surface area contributed by atoms with Crippen molar-refractivity contribution in [1.82, 2.24) is 0 Å². The van der Waals surface area contributed by atoms with E-state index < -0.39 is 0 Å². The zero-order valence-electron chi connectivity index (χ0n) is 9.01. The summed E-state index contributed by atoms with van der Waals surface area (Å²) in [4.78, 5) is 11.1. The zero-order chi connectivity index (χ0) is 10.5. The van der Waals surface area contributed by atoms with Crippen LogP contribution in [0.2, 0.25) is 0 Å². The molecule has 3 heteroatoms. The molecular formula is C10H18O3. The Morgan fingerprint density at radius 1 is 1.38 bits per heavy atom. The van der Waals surface area contributed by atoms with E-state index in [1.165, 1.54) is 6.26 Å². The third-order valence-corrected chi connectivity index (χ3v) is 1.19. The lowest BCUT2D eigenvalue weighted by Gasteiger charge is -2.18. The third-order valence-electron chi connectivity index (χ3n) is 1.19. The zero-order valence-corrected chi connectivity index (χ0v) is 9.01. The summed E-state index contributed by atoms with van der Waals surface area (Å²) in [7, 11) is 0. The number of hydrogen-bond acceptors (Lipinski definition) is 3. The Hall–Kier alpha value is -0.990. The van der Waals surface area contributed by atoms with Crippen LogP contribution in [0.3, 0.4) is 0 Å². The van der Waals surface area contributed by atoms with Crippen molar-refractivity contribution in [3.63, 3.8) is 0 Å². The molecule has 0 aliphatic carbocycles. The normalized spacial score (nSPS) is 12.5. The van der Waals surface area contributed by atoms with Crippen molar-refractivity contribution >= 4 is 5.97 Å². The van der Waals surface area contributed by atoms with Gasteiger partial charge < -0.3 is 9.47 Å². The standard InChI is InChI=1S/C10H18O3/c1-6-12-9(11)8(2)7-13-10(3,4)5/h7H,6H2,1-5H3/b8-7+. The Kier molecular flexibility index (Phi) is 4.52. The molecule has 0 bridgehead atoms. The topological polar surface area (TPSA) is 35.5 Å². The van der Waals surface area contributed by atoms with Gasteiger partial charge in [0.2, 0.25) is 0 Å². The molecule has 0 aromatic rings. The summed E-state index contributed by atoms with van der Waals surface area (Å²) in [5.74, 6) is -0.327. The van der Waals surface area contributed by atoms with Gasteiger partial charge in [-0.05, 0) is 34.6 Å². The first-order valence-corrected chi connectivity index (χ1v) is 4.38. The van der Waals surface area contributed by atoms with Crippen LogP contribution in [-0.4, -0.2) is 18.2 Å². The Labute approximate surface area is 79.7 Å². The SMILES string of the molecule is CCOC(=O)/C(C)=C/OC(C)(C)C. The monoisotopic (exact) mass is 186 g/mol. The van der Waals surface area contributed by atoms with E-state index in [-0.39, 0.29) is 11.6 Å². The van der Waals surface area contributed by atoms with Gasteiger partial charge in [-0.15, -0.1) is 0 Å². The lowest BCUT2D eigenvalue weighted by molar-refractivity contribution is -0.138. The van der Waals surface area contributed by atoms with E-state index in [1.807, 2.05) is 20.8 Å². The first kappa shape index (κ1) is 12.0. The van der Waals surface area contributed by atoms with Crippen molar-refractivity contribution in [2.75, 3.05) is 6.61 Å². The molecule has 0 aromatic carbocycles. The van der Waals surface area contributed by atoms with Gasteiger partial charge in [0, 0.05) is 0 Å².